The fraction of sp³-hybridized carbons (Fsp3) is 0.500. The first-order valence-corrected chi connectivity index (χ1v) is 6.15. The summed E-state index contributed by atoms with van der Waals surface area (Å²) in [6.45, 7) is 4.18. The van der Waals surface area contributed by atoms with E-state index in [1.54, 1.807) is 0 Å². The van der Waals surface area contributed by atoms with Crippen molar-refractivity contribution < 1.29 is 5.11 Å². The van der Waals surface area contributed by atoms with Gasteiger partial charge in [-0.3, -0.25) is 0 Å². The van der Waals surface area contributed by atoms with E-state index in [2.05, 4.69) is 35.8 Å². The van der Waals surface area contributed by atoms with Crippen LogP contribution in [-0.4, -0.2) is 10.4 Å². The molecule has 1 N–H and O–H groups in total. The summed E-state index contributed by atoms with van der Waals surface area (Å²) in [6.07, 6.45) is 2.14. The van der Waals surface area contributed by atoms with Crippen molar-refractivity contribution in [2.75, 3.05) is 5.33 Å². The largest absolute Gasteiger partial charge is 0.508 e. The maximum atomic E-state index is 9.75. The van der Waals surface area contributed by atoms with Gasteiger partial charge in [-0.15, -0.1) is 0 Å². The van der Waals surface area contributed by atoms with Crippen LogP contribution in [0.25, 0.3) is 0 Å². The number of aromatic hydroxyl groups is 1. The second-order valence-electron chi connectivity index (χ2n) is 3.84. The van der Waals surface area contributed by atoms with Crippen molar-refractivity contribution >= 4 is 15.9 Å². The highest BCUT2D eigenvalue weighted by Crippen LogP contribution is 2.26. The maximum Gasteiger partial charge on any atom is 0.119 e. The van der Waals surface area contributed by atoms with E-state index in [1.807, 2.05) is 12.1 Å². The van der Waals surface area contributed by atoms with Gasteiger partial charge in [-0.05, 0) is 36.0 Å². The molecule has 0 unspecified atom stereocenters. The fourth-order valence-electron chi connectivity index (χ4n) is 1.50. The summed E-state index contributed by atoms with van der Waals surface area (Å²) in [6, 6.07) is 6.03. The summed E-state index contributed by atoms with van der Waals surface area (Å²) < 4.78 is 0. The molecule has 0 aliphatic heterocycles. The Morgan fingerprint density at radius 2 is 2.07 bits per heavy atom. The number of phenols is 1. The molecule has 0 saturated heterocycles. The zero-order chi connectivity index (χ0) is 10.6. The Labute approximate surface area is 94.3 Å². The maximum absolute atomic E-state index is 9.75. The summed E-state index contributed by atoms with van der Waals surface area (Å²) in [4.78, 5) is 0. The Balaban J connectivity index is 2.78. The summed E-state index contributed by atoms with van der Waals surface area (Å²) in [7, 11) is 0. The molecule has 78 valence electrons. The molecule has 0 fully saturated rings. The van der Waals surface area contributed by atoms with E-state index in [0.29, 0.717) is 11.7 Å². The Bertz CT molecular complexity index is 294. The van der Waals surface area contributed by atoms with Gasteiger partial charge in [0, 0.05) is 5.33 Å². The molecule has 1 aromatic rings. The predicted octanol–water partition coefficient (Wildman–Crippen LogP) is 3.84. The van der Waals surface area contributed by atoms with Crippen molar-refractivity contribution in [2.24, 2.45) is 0 Å². The minimum Gasteiger partial charge on any atom is -0.508 e. The molecule has 0 heterocycles. The molecule has 0 atom stereocenters. The Morgan fingerprint density at radius 3 is 2.57 bits per heavy atom. The van der Waals surface area contributed by atoms with Crippen LogP contribution in [-0.2, 0) is 6.42 Å². The Kier molecular flexibility index (Phi) is 4.46. The van der Waals surface area contributed by atoms with Crippen LogP contribution in [0.1, 0.15) is 37.3 Å². The minimum atomic E-state index is 0.389. The Morgan fingerprint density at radius 1 is 1.36 bits per heavy atom. The van der Waals surface area contributed by atoms with Gasteiger partial charge < -0.3 is 5.11 Å². The van der Waals surface area contributed by atoms with E-state index < -0.39 is 0 Å². The van der Waals surface area contributed by atoms with Crippen molar-refractivity contribution in [2.45, 2.75) is 32.6 Å². The third-order valence-electron chi connectivity index (χ3n) is 2.32. The lowest BCUT2D eigenvalue weighted by molar-refractivity contribution is 0.464. The highest BCUT2D eigenvalue weighted by molar-refractivity contribution is 9.09. The molecule has 1 nitrogen and oxygen atoms in total. The molecule has 14 heavy (non-hydrogen) atoms. The fourth-order valence-corrected chi connectivity index (χ4v) is 1.78. The second kappa shape index (κ2) is 5.40. The predicted molar refractivity (Wildman–Crippen MR) is 64.3 cm³/mol. The lowest BCUT2D eigenvalue weighted by atomic mass is 9.99. The van der Waals surface area contributed by atoms with Crippen molar-refractivity contribution in [1.29, 1.82) is 0 Å². The van der Waals surface area contributed by atoms with Gasteiger partial charge in [0.1, 0.15) is 5.75 Å². The van der Waals surface area contributed by atoms with E-state index >= 15 is 0 Å². The smallest absolute Gasteiger partial charge is 0.119 e. The lowest BCUT2D eigenvalue weighted by Crippen LogP contribution is -1.91. The zero-order valence-corrected chi connectivity index (χ0v) is 10.3. The van der Waals surface area contributed by atoms with Crippen LogP contribution in [0.15, 0.2) is 18.2 Å². The number of phenolic OH excluding ortho intramolecular Hbond substituents is 1. The minimum absolute atomic E-state index is 0.389. The summed E-state index contributed by atoms with van der Waals surface area (Å²) in [5.41, 5.74) is 2.25. The van der Waals surface area contributed by atoms with Gasteiger partial charge in [-0.25, -0.2) is 0 Å². The van der Waals surface area contributed by atoms with Gasteiger partial charge in [0.2, 0.25) is 0 Å². The number of hydrogen-bond donors (Lipinski definition) is 1. The third-order valence-corrected chi connectivity index (χ3v) is 2.88. The number of benzene rings is 1. The lowest BCUT2D eigenvalue weighted by Gasteiger charge is -2.09. The number of hydrogen-bond acceptors (Lipinski definition) is 1. The molecular formula is C12H17BrO. The average molecular weight is 257 g/mol. The number of halogens is 1. The van der Waals surface area contributed by atoms with Crippen molar-refractivity contribution in [1.82, 2.24) is 0 Å². The van der Waals surface area contributed by atoms with E-state index in [9.17, 15) is 5.11 Å². The zero-order valence-electron chi connectivity index (χ0n) is 8.76. The summed E-state index contributed by atoms with van der Waals surface area (Å²) in [5, 5.41) is 10.8. The molecule has 0 bridgehead atoms. The molecule has 0 spiro atoms. The SMILES string of the molecule is CC(C)c1ccc(CCCBr)cc1O. The molecule has 0 saturated carbocycles. The highest BCUT2D eigenvalue weighted by atomic mass is 79.9. The first-order chi connectivity index (χ1) is 6.65. The normalized spacial score (nSPS) is 10.9. The van der Waals surface area contributed by atoms with Crippen LogP contribution in [0.3, 0.4) is 0 Å². The molecule has 1 aromatic carbocycles. The summed E-state index contributed by atoms with van der Waals surface area (Å²) in [5.74, 6) is 0.826. The van der Waals surface area contributed by atoms with E-state index in [0.717, 1.165) is 23.7 Å². The van der Waals surface area contributed by atoms with E-state index in [1.165, 1.54) is 5.56 Å². The van der Waals surface area contributed by atoms with E-state index in [4.69, 9.17) is 0 Å². The van der Waals surface area contributed by atoms with Gasteiger partial charge in [0.25, 0.3) is 0 Å². The van der Waals surface area contributed by atoms with Gasteiger partial charge in [0.05, 0.1) is 0 Å². The standard InChI is InChI=1S/C12H17BrO/c1-9(2)11-6-5-10(4-3-7-13)8-12(11)14/h5-6,8-9,14H,3-4,7H2,1-2H3. The van der Waals surface area contributed by atoms with Gasteiger partial charge in [-0.1, -0.05) is 41.9 Å². The highest BCUT2D eigenvalue weighted by Gasteiger charge is 2.05. The quantitative estimate of drug-likeness (QED) is 0.812. The number of alkyl halides is 1. The monoisotopic (exact) mass is 256 g/mol. The summed E-state index contributed by atoms with van der Waals surface area (Å²) >= 11 is 3.40. The second-order valence-corrected chi connectivity index (χ2v) is 4.63. The van der Waals surface area contributed by atoms with Crippen LogP contribution in [0, 0.1) is 0 Å². The molecule has 0 radical (unpaired) electrons. The van der Waals surface area contributed by atoms with Crippen LogP contribution >= 0.6 is 15.9 Å². The molecule has 1 rings (SSSR count). The molecule has 0 amide bonds. The number of rotatable bonds is 4. The van der Waals surface area contributed by atoms with Crippen molar-refractivity contribution in [3.63, 3.8) is 0 Å². The van der Waals surface area contributed by atoms with Gasteiger partial charge in [0.15, 0.2) is 0 Å². The van der Waals surface area contributed by atoms with Gasteiger partial charge >= 0.3 is 0 Å². The van der Waals surface area contributed by atoms with E-state index in [-0.39, 0.29) is 0 Å². The van der Waals surface area contributed by atoms with Crippen LogP contribution in [0.2, 0.25) is 0 Å². The van der Waals surface area contributed by atoms with Crippen molar-refractivity contribution in [3.8, 4) is 5.75 Å². The molecular weight excluding hydrogens is 240 g/mol. The molecule has 2 heteroatoms. The Hall–Kier alpha value is -0.500. The topological polar surface area (TPSA) is 20.2 Å². The molecule has 0 aliphatic rings. The average Bonchev–Trinajstić information content (AvgIpc) is 2.14. The van der Waals surface area contributed by atoms with Gasteiger partial charge in [-0.2, -0.15) is 0 Å². The van der Waals surface area contributed by atoms with Crippen LogP contribution in [0.4, 0.5) is 0 Å². The number of aryl methyl sites for hydroxylation is 1. The molecule has 0 aliphatic carbocycles. The third kappa shape index (κ3) is 3.02. The first kappa shape index (κ1) is 11.6. The van der Waals surface area contributed by atoms with Crippen molar-refractivity contribution in [3.05, 3.63) is 29.3 Å². The van der Waals surface area contributed by atoms with Crippen LogP contribution in [0.5, 0.6) is 5.75 Å². The van der Waals surface area contributed by atoms with Crippen LogP contribution < -0.4 is 0 Å². The first-order valence-electron chi connectivity index (χ1n) is 5.03. The molecule has 0 aromatic heterocycles.